The van der Waals surface area contributed by atoms with Crippen LogP contribution in [0.25, 0.3) is 0 Å². The Labute approximate surface area is 206 Å². The maximum atomic E-state index is 14.2. The normalized spacial score (nSPS) is 15.0. The van der Waals surface area contributed by atoms with Gasteiger partial charge in [0.2, 0.25) is 11.8 Å². The van der Waals surface area contributed by atoms with Crippen LogP contribution in [0.3, 0.4) is 0 Å². The Morgan fingerprint density at radius 1 is 0.941 bits per heavy atom. The number of benzene rings is 1. The van der Waals surface area contributed by atoms with Gasteiger partial charge in [0.1, 0.15) is 17.7 Å². The van der Waals surface area contributed by atoms with E-state index in [1.807, 2.05) is 85.7 Å². The molecule has 7 nitrogen and oxygen atoms in total. The maximum Gasteiger partial charge on any atom is 0.408 e. The zero-order valence-electron chi connectivity index (χ0n) is 22.9. The predicted octanol–water partition coefficient (Wildman–Crippen LogP) is 5.21. The molecule has 0 saturated carbocycles. The average Bonchev–Trinajstić information content (AvgIpc) is 2.66. The molecule has 1 aromatic rings. The number of carbonyl (C=O) groups is 3. The van der Waals surface area contributed by atoms with Gasteiger partial charge in [0, 0.05) is 11.1 Å². The molecule has 0 bridgehead atoms. The van der Waals surface area contributed by atoms with Gasteiger partial charge in [0.25, 0.3) is 0 Å². The Kier molecular flexibility index (Phi) is 9.74. The molecule has 1 rings (SSSR count). The van der Waals surface area contributed by atoms with Crippen molar-refractivity contribution in [3.05, 3.63) is 35.9 Å². The van der Waals surface area contributed by atoms with E-state index in [1.54, 1.807) is 25.7 Å². The molecule has 3 atom stereocenters. The van der Waals surface area contributed by atoms with Crippen molar-refractivity contribution in [2.45, 2.75) is 111 Å². The van der Waals surface area contributed by atoms with Crippen LogP contribution in [0.1, 0.15) is 94.2 Å². The molecule has 2 N–H and O–H groups in total. The van der Waals surface area contributed by atoms with E-state index in [9.17, 15) is 14.4 Å². The second kappa shape index (κ2) is 11.2. The van der Waals surface area contributed by atoms with Crippen LogP contribution in [-0.4, -0.2) is 45.5 Å². The molecule has 0 radical (unpaired) electrons. The molecule has 192 valence electrons. The molecule has 7 heteroatoms. The fourth-order valence-corrected chi connectivity index (χ4v) is 3.60. The second-order valence-electron chi connectivity index (χ2n) is 11.9. The summed E-state index contributed by atoms with van der Waals surface area (Å²) in [5, 5.41) is 5.82. The molecule has 1 aromatic carbocycles. The number of hydrogen-bond donors (Lipinski definition) is 2. The van der Waals surface area contributed by atoms with Gasteiger partial charge < -0.3 is 20.3 Å². The summed E-state index contributed by atoms with van der Waals surface area (Å²) in [5.74, 6) is -0.778. The smallest absolute Gasteiger partial charge is 0.408 e. The largest absolute Gasteiger partial charge is 0.444 e. The molecule has 34 heavy (non-hydrogen) atoms. The molecule has 0 saturated heterocycles. The molecular formula is C27H45N3O4. The summed E-state index contributed by atoms with van der Waals surface area (Å²) in [5.41, 5.74) is -1.20. The van der Waals surface area contributed by atoms with Crippen molar-refractivity contribution < 1.29 is 19.1 Å². The molecular weight excluding hydrogens is 430 g/mol. The standard InChI is InChI=1S/C27H45N3O4/c1-12-18(2)20(28-24(33)34-27(9,10)11)23(32)30(26(6,7)8)21(19-16-14-13-15-17-19)22(31)29-25(3,4)5/h13-18,20-21H,12H2,1-11H3,(H,28,33)(H,29,31). The van der Waals surface area contributed by atoms with Crippen molar-refractivity contribution in [1.29, 1.82) is 0 Å². The van der Waals surface area contributed by atoms with E-state index in [0.717, 1.165) is 0 Å². The molecule has 0 aromatic heterocycles. The van der Waals surface area contributed by atoms with Gasteiger partial charge >= 0.3 is 6.09 Å². The van der Waals surface area contributed by atoms with Crippen molar-refractivity contribution >= 4 is 17.9 Å². The summed E-state index contributed by atoms with van der Waals surface area (Å²) in [6.45, 7) is 20.6. The van der Waals surface area contributed by atoms with E-state index in [1.165, 1.54) is 0 Å². The van der Waals surface area contributed by atoms with E-state index < -0.39 is 34.9 Å². The second-order valence-corrected chi connectivity index (χ2v) is 11.9. The van der Waals surface area contributed by atoms with Gasteiger partial charge in [0.05, 0.1) is 0 Å². The number of carbonyl (C=O) groups excluding carboxylic acids is 3. The van der Waals surface area contributed by atoms with Gasteiger partial charge in [-0.25, -0.2) is 4.79 Å². The van der Waals surface area contributed by atoms with Crippen molar-refractivity contribution in [3.63, 3.8) is 0 Å². The molecule has 0 aliphatic rings. The Morgan fingerprint density at radius 2 is 1.47 bits per heavy atom. The fourth-order valence-electron chi connectivity index (χ4n) is 3.60. The zero-order valence-corrected chi connectivity index (χ0v) is 22.9. The lowest BCUT2D eigenvalue weighted by molar-refractivity contribution is -0.150. The van der Waals surface area contributed by atoms with Crippen molar-refractivity contribution in [2.24, 2.45) is 5.92 Å². The third-order valence-electron chi connectivity index (χ3n) is 5.23. The Balaban J connectivity index is 3.56. The molecule has 0 spiro atoms. The van der Waals surface area contributed by atoms with Crippen molar-refractivity contribution in [1.82, 2.24) is 15.5 Å². The lowest BCUT2D eigenvalue weighted by Gasteiger charge is -2.44. The number of rotatable bonds is 7. The Morgan fingerprint density at radius 3 is 1.88 bits per heavy atom. The van der Waals surface area contributed by atoms with E-state index in [0.29, 0.717) is 12.0 Å². The van der Waals surface area contributed by atoms with Crippen LogP contribution in [0.15, 0.2) is 30.3 Å². The highest BCUT2D eigenvalue weighted by Gasteiger charge is 2.43. The van der Waals surface area contributed by atoms with Gasteiger partial charge in [-0.1, -0.05) is 50.6 Å². The first-order valence-electron chi connectivity index (χ1n) is 12.1. The summed E-state index contributed by atoms with van der Waals surface area (Å²) in [6.07, 6.45) is 0.00407. The first kappa shape index (κ1) is 29.5. The zero-order chi connectivity index (χ0) is 26.5. The molecule has 3 amide bonds. The number of alkyl carbamates (subject to hydrolysis) is 1. The van der Waals surface area contributed by atoms with Crippen LogP contribution >= 0.6 is 0 Å². The van der Waals surface area contributed by atoms with Gasteiger partial charge in [-0.2, -0.15) is 0 Å². The quantitative estimate of drug-likeness (QED) is 0.567. The summed E-state index contributed by atoms with van der Waals surface area (Å²) in [7, 11) is 0. The Bertz CT molecular complexity index is 832. The molecule has 0 aliphatic heterocycles. The van der Waals surface area contributed by atoms with Crippen LogP contribution < -0.4 is 10.6 Å². The lowest BCUT2D eigenvalue weighted by atomic mass is 9.91. The van der Waals surface area contributed by atoms with Gasteiger partial charge in [0.15, 0.2) is 0 Å². The van der Waals surface area contributed by atoms with E-state index >= 15 is 0 Å². The summed E-state index contributed by atoms with van der Waals surface area (Å²) in [4.78, 5) is 42.0. The third kappa shape index (κ3) is 8.99. The number of nitrogens with zero attached hydrogens (tertiary/aromatic N) is 1. The van der Waals surface area contributed by atoms with Crippen molar-refractivity contribution in [2.75, 3.05) is 0 Å². The van der Waals surface area contributed by atoms with E-state index in [4.69, 9.17) is 4.74 Å². The average molecular weight is 476 g/mol. The highest BCUT2D eigenvalue weighted by molar-refractivity contribution is 5.93. The van der Waals surface area contributed by atoms with Gasteiger partial charge in [-0.15, -0.1) is 0 Å². The molecule has 0 fully saturated rings. The summed E-state index contributed by atoms with van der Waals surface area (Å²) in [6, 6.07) is 7.54. The maximum absolute atomic E-state index is 14.2. The molecule has 0 heterocycles. The van der Waals surface area contributed by atoms with Crippen LogP contribution in [0.2, 0.25) is 0 Å². The van der Waals surface area contributed by atoms with Crippen LogP contribution in [-0.2, 0) is 14.3 Å². The van der Waals surface area contributed by atoms with Gasteiger partial charge in [-0.05, 0) is 73.8 Å². The number of hydrogen-bond acceptors (Lipinski definition) is 4. The number of ether oxygens (including phenoxy) is 1. The molecule has 3 unspecified atom stereocenters. The van der Waals surface area contributed by atoms with Crippen LogP contribution in [0.4, 0.5) is 4.79 Å². The first-order valence-corrected chi connectivity index (χ1v) is 12.1. The number of nitrogens with one attached hydrogen (secondary N) is 2. The highest BCUT2D eigenvalue weighted by atomic mass is 16.6. The van der Waals surface area contributed by atoms with E-state index in [-0.39, 0.29) is 17.7 Å². The summed E-state index contributed by atoms with van der Waals surface area (Å²) >= 11 is 0. The third-order valence-corrected chi connectivity index (χ3v) is 5.23. The van der Waals surface area contributed by atoms with E-state index in [2.05, 4.69) is 10.6 Å². The first-order chi connectivity index (χ1) is 15.4. The summed E-state index contributed by atoms with van der Waals surface area (Å²) < 4.78 is 5.44. The highest BCUT2D eigenvalue weighted by Crippen LogP contribution is 2.31. The lowest BCUT2D eigenvalue weighted by Crippen LogP contribution is -2.60. The fraction of sp³-hybridized carbons (Fsp3) is 0.667. The predicted molar refractivity (Wildman–Crippen MR) is 136 cm³/mol. The van der Waals surface area contributed by atoms with Crippen molar-refractivity contribution in [3.8, 4) is 0 Å². The minimum Gasteiger partial charge on any atom is -0.444 e. The van der Waals surface area contributed by atoms with Crippen LogP contribution in [0.5, 0.6) is 0 Å². The van der Waals surface area contributed by atoms with Gasteiger partial charge in [-0.3, -0.25) is 9.59 Å². The Hall–Kier alpha value is -2.57. The topological polar surface area (TPSA) is 87.7 Å². The monoisotopic (exact) mass is 475 g/mol. The SMILES string of the molecule is CCC(C)C(NC(=O)OC(C)(C)C)C(=O)N(C(C(=O)NC(C)(C)C)c1ccccc1)C(C)(C)C. The molecule has 0 aliphatic carbocycles. The number of amides is 3. The van der Waals surface area contributed by atoms with Crippen LogP contribution in [0, 0.1) is 5.92 Å². The minimum atomic E-state index is -0.875. The minimum absolute atomic E-state index is 0.174.